The summed E-state index contributed by atoms with van der Waals surface area (Å²) in [7, 11) is 0. The Morgan fingerprint density at radius 2 is 1.14 bits per heavy atom. The third-order valence-electron chi connectivity index (χ3n) is 8.04. The molecule has 0 aliphatic rings. The van der Waals surface area contributed by atoms with Gasteiger partial charge < -0.3 is 5.41 Å². The molecule has 0 atom stereocenters. The fourth-order valence-corrected chi connectivity index (χ4v) is 5.95. The molecule has 0 bridgehead atoms. The third kappa shape index (κ3) is 4.91. The number of rotatable bonds is 7. The Hall–Kier alpha value is -5.27. The molecule has 0 saturated heterocycles. The SMILES string of the molecule is C=C/C=C(/C)C(=N)/C(C)=C/C(=C)c1ccc2ccc(-c3c4ccccc4c(-c4ccccc4)c4ccccc34)cc2c1. The molecule has 6 aromatic carbocycles. The Morgan fingerprint density at radius 3 is 1.74 bits per heavy atom. The average molecular weight is 540 g/mol. The fourth-order valence-electron chi connectivity index (χ4n) is 5.95. The summed E-state index contributed by atoms with van der Waals surface area (Å²) < 4.78 is 0. The molecule has 0 aliphatic carbocycles. The quantitative estimate of drug-likeness (QED) is 0.118. The van der Waals surface area contributed by atoms with Gasteiger partial charge >= 0.3 is 0 Å². The zero-order valence-corrected chi connectivity index (χ0v) is 24.1. The molecule has 202 valence electrons. The van der Waals surface area contributed by atoms with Crippen LogP contribution in [0, 0.1) is 5.41 Å². The van der Waals surface area contributed by atoms with Crippen molar-refractivity contribution < 1.29 is 0 Å². The van der Waals surface area contributed by atoms with Crippen LogP contribution in [0.25, 0.3) is 60.1 Å². The summed E-state index contributed by atoms with van der Waals surface area (Å²) in [5, 5.41) is 15.8. The molecule has 6 rings (SSSR count). The largest absolute Gasteiger partial charge is 0.300 e. The van der Waals surface area contributed by atoms with Crippen molar-refractivity contribution in [2.75, 3.05) is 0 Å². The number of fused-ring (bicyclic) bond motifs is 3. The lowest BCUT2D eigenvalue weighted by molar-refractivity contribution is 1.40. The minimum atomic E-state index is 0.497. The van der Waals surface area contributed by atoms with E-state index >= 15 is 0 Å². The van der Waals surface area contributed by atoms with Crippen molar-refractivity contribution in [3.05, 3.63) is 163 Å². The maximum atomic E-state index is 8.49. The van der Waals surface area contributed by atoms with Crippen molar-refractivity contribution in [3.63, 3.8) is 0 Å². The van der Waals surface area contributed by atoms with Gasteiger partial charge in [0.25, 0.3) is 0 Å². The second-order valence-corrected chi connectivity index (χ2v) is 10.8. The predicted molar refractivity (Wildman–Crippen MR) is 184 cm³/mol. The lowest BCUT2D eigenvalue weighted by atomic mass is 9.85. The molecule has 1 nitrogen and oxygen atoms in total. The van der Waals surface area contributed by atoms with Gasteiger partial charge in [0.05, 0.1) is 5.71 Å². The Kier molecular flexibility index (Phi) is 7.25. The summed E-state index contributed by atoms with van der Waals surface area (Å²) >= 11 is 0. The van der Waals surface area contributed by atoms with Gasteiger partial charge in [0, 0.05) is 0 Å². The van der Waals surface area contributed by atoms with Crippen molar-refractivity contribution in [3.8, 4) is 22.3 Å². The summed E-state index contributed by atoms with van der Waals surface area (Å²) in [6, 6.07) is 41.5. The molecule has 42 heavy (non-hydrogen) atoms. The van der Waals surface area contributed by atoms with Crippen molar-refractivity contribution in [2.24, 2.45) is 0 Å². The van der Waals surface area contributed by atoms with Crippen LogP contribution in [0.4, 0.5) is 0 Å². The van der Waals surface area contributed by atoms with E-state index in [2.05, 4.69) is 128 Å². The highest BCUT2D eigenvalue weighted by molar-refractivity contribution is 6.21. The molecule has 0 spiro atoms. The molecule has 0 heterocycles. The van der Waals surface area contributed by atoms with Crippen LogP contribution < -0.4 is 0 Å². The van der Waals surface area contributed by atoms with Crippen molar-refractivity contribution in [2.45, 2.75) is 13.8 Å². The second kappa shape index (κ2) is 11.3. The molecule has 0 unspecified atom stereocenters. The van der Waals surface area contributed by atoms with Gasteiger partial charge in [-0.15, -0.1) is 0 Å². The van der Waals surface area contributed by atoms with E-state index in [0.29, 0.717) is 5.71 Å². The van der Waals surface area contributed by atoms with E-state index in [1.165, 1.54) is 49.2 Å². The topological polar surface area (TPSA) is 23.9 Å². The van der Waals surface area contributed by atoms with E-state index in [0.717, 1.165) is 27.7 Å². The van der Waals surface area contributed by atoms with Crippen molar-refractivity contribution >= 4 is 43.6 Å². The molecule has 0 aliphatic heterocycles. The number of benzene rings is 6. The Morgan fingerprint density at radius 1 is 0.595 bits per heavy atom. The van der Waals surface area contributed by atoms with Crippen LogP contribution in [-0.2, 0) is 0 Å². The van der Waals surface area contributed by atoms with Gasteiger partial charge in [-0.3, -0.25) is 0 Å². The number of hydrogen-bond donors (Lipinski definition) is 1. The predicted octanol–water partition coefficient (Wildman–Crippen LogP) is 11.6. The van der Waals surface area contributed by atoms with E-state index in [-0.39, 0.29) is 0 Å². The number of nitrogens with one attached hydrogen (secondary N) is 1. The van der Waals surface area contributed by atoms with E-state index < -0.39 is 0 Å². The van der Waals surface area contributed by atoms with Gasteiger partial charge in [0.15, 0.2) is 0 Å². The molecule has 0 saturated carbocycles. The molecule has 1 heteroatoms. The van der Waals surface area contributed by atoms with E-state index in [9.17, 15) is 0 Å². The van der Waals surface area contributed by atoms with E-state index in [1.54, 1.807) is 6.08 Å². The van der Waals surface area contributed by atoms with E-state index in [4.69, 9.17) is 5.41 Å². The summed E-state index contributed by atoms with van der Waals surface area (Å²) in [6.45, 7) is 12.0. The summed E-state index contributed by atoms with van der Waals surface area (Å²) in [5.74, 6) is 0. The third-order valence-corrected chi connectivity index (χ3v) is 8.04. The van der Waals surface area contributed by atoms with Gasteiger partial charge in [0.2, 0.25) is 0 Å². The highest BCUT2D eigenvalue weighted by Gasteiger charge is 2.16. The molecule has 0 fully saturated rings. The zero-order chi connectivity index (χ0) is 29.2. The van der Waals surface area contributed by atoms with E-state index in [1.807, 2.05) is 26.0 Å². The molecule has 0 aromatic heterocycles. The Balaban J connectivity index is 1.51. The zero-order valence-electron chi connectivity index (χ0n) is 24.1. The lowest BCUT2D eigenvalue weighted by Gasteiger charge is -2.18. The lowest BCUT2D eigenvalue weighted by Crippen LogP contribution is -2.00. The minimum absolute atomic E-state index is 0.497. The van der Waals surface area contributed by atoms with Gasteiger partial charge in [-0.2, -0.15) is 0 Å². The first-order valence-electron chi connectivity index (χ1n) is 14.3. The van der Waals surface area contributed by atoms with Crippen molar-refractivity contribution in [1.82, 2.24) is 0 Å². The Bertz CT molecular complexity index is 2030. The highest BCUT2D eigenvalue weighted by atomic mass is 14.4. The molecule has 1 N–H and O–H groups in total. The maximum Gasteiger partial charge on any atom is 0.0598 e. The van der Waals surface area contributed by atoms with Crippen LogP contribution in [0.1, 0.15) is 19.4 Å². The molecular formula is C41H33N. The fraction of sp³-hybridized carbons (Fsp3) is 0.0488. The summed E-state index contributed by atoms with van der Waals surface area (Å²) in [5.41, 5.74) is 9.13. The first-order chi connectivity index (χ1) is 20.5. The maximum absolute atomic E-state index is 8.49. The van der Waals surface area contributed by atoms with Crippen molar-refractivity contribution in [1.29, 1.82) is 5.41 Å². The van der Waals surface area contributed by atoms with Crippen LogP contribution in [0.3, 0.4) is 0 Å². The standard InChI is InChI=1S/C41H33N/c1-5-13-27(2)41(42)29(4)24-28(3)32-22-20-30-21-23-33(26-34(30)25-32)40-37-18-11-9-16-35(37)39(31-14-7-6-8-15-31)36-17-10-12-19-38(36)40/h5-26,42H,1,3H2,2,4H3/b27-13-,29-24+,42-41?. The van der Waals surface area contributed by atoms with Crippen LogP contribution in [0.15, 0.2) is 158 Å². The van der Waals surface area contributed by atoms with Crippen LogP contribution >= 0.6 is 0 Å². The summed E-state index contributed by atoms with van der Waals surface area (Å²) in [4.78, 5) is 0. The van der Waals surface area contributed by atoms with Gasteiger partial charge in [-0.25, -0.2) is 0 Å². The molecule has 6 aromatic rings. The molecule has 0 radical (unpaired) electrons. The minimum Gasteiger partial charge on any atom is -0.300 e. The smallest absolute Gasteiger partial charge is 0.0598 e. The first-order valence-corrected chi connectivity index (χ1v) is 14.3. The second-order valence-electron chi connectivity index (χ2n) is 10.8. The van der Waals surface area contributed by atoms with Gasteiger partial charge in [-0.1, -0.05) is 128 Å². The van der Waals surface area contributed by atoms with Gasteiger partial charge in [0.1, 0.15) is 0 Å². The Labute approximate surface area is 248 Å². The first kappa shape index (κ1) is 26.9. The number of allylic oxidation sites excluding steroid dienone is 6. The molecule has 0 amide bonds. The summed E-state index contributed by atoms with van der Waals surface area (Å²) in [6.07, 6.45) is 5.57. The van der Waals surface area contributed by atoms with Crippen LogP contribution in [-0.4, -0.2) is 5.71 Å². The molecular weight excluding hydrogens is 506 g/mol. The highest BCUT2D eigenvalue weighted by Crippen LogP contribution is 2.44. The normalized spacial score (nSPS) is 12.1. The van der Waals surface area contributed by atoms with Crippen LogP contribution in [0.2, 0.25) is 0 Å². The average Bonchev–Trinajstić information content (AvgIpc) is 3.03. The van der Waals surface area contributed by atoms with Crippen LogP contribution in [0.5, 0.6) is 0 Å². The number of hydrogen-bond acceptors (Lipinski definition) is 1. The van der Waals surface area contributed by atoms with Gasteiger partial charge in [-0.05, 0) is 109 Å². The monoisotopic (exact) mass is 539 g/mol.